The van der Waals surface area contributed by atoms with E-state index < -0.39 is 0 Å². The number of hydrogen-bond donors (Lipinski definition) is 1. The fourth-order valence-electron chi connectivity index (χ4n) is 2.88. The minimum Gasteiger partial charge on any atom is -0.497 e. The van der Waals surface area contributed by atoms with Crippen LogP contribution in [0.5, 0.6) is 5.75 Å². The molecule has 2 aromatic carbocycles. The van der Waals surface area contributed by atoms with Gasteiger partial charge >= 0.3 is 0 Å². The predicted octanol–water partition coefficient (Wildman–Crippen LogP) is 3.86. The van der Waals surface area contributed by atoms with Crippen LogP contribution >= 0.6 is 23.8 Å². The van der Waals surface area contributed by atoms with E-state index in [4.69, 9.17) is 28.6 Å². The largest absolute Gasteiger partial charge is 0.497 e. The van der Waals surface area contributed by atoms with Gasteiger partial charge in [0.1, 0.15) is 5.75 Å². The van der Waals surface area contributed by atoms with E-state index in [0.717, 1.165) is 54.3 Å². The molecule has 0 atom stereocenters. The summed E-state index contributed by atoms with van der Waals surface area (Å²) in [4.78, 5) is 4.61. The van der Waals surface area contributed by atoms with Gasteiger partial charge in [-0.2, -0.15) is 0 Å². The van der Waals surface area contributed by atoms with Gasteiger partial charge in [0.15, 0.2) is 5.11 Å². The number of anilines is 1. The van der Waals surface area contributed by atoms with Crippen LogP contribution in [0, 0.1) is 0 Å². The molecule has 0 bridgehead atoms. The highest BCUT2D eigenvalue weighted by Crippen LogP contribution is 2.19. The molecule has 1 fully saturated rings. The maximum absolute atomic E-state index is 6.26. The summed E-state index contributed by atoms with van der Waals surface area (Å²) in [6.07, 6.45) is 0. The van der Waals surface area contributed by atoms with Crippen molar-refractivity contribution in [2.45, 2.75) is 6.54 Å². The maximum atomic E-state index is 6.26. The third-order valence-corrected chi connectivity index (χ3v) is 5.06. The Balaban J connectivity index is 1.51. The highest BCUT2D eigenvalue weighted by Gasteiger charge is 2.19. The molecule has 0 amide bonds. The smallest absolute Gasteiger partial charge is 0.173 e. The number of piperazine rings is 1. The Morgan fingerprint density at radius 3 is 2.60 bits per heavy atom. The number of nitrogens with zero attached hydrogens (tertiary/aromatic N) is 2. The molecule has 25 heavy (non-hydrogen) atoms. The molecule has 1 saturated heterocycles. The second-order valence-electron chi connectivity index (χ2n) is 6.02. The summed E-state index contributed by atoms with van der Waals surface area (Å²) >= 11 is 11.8. The first-order chi connectivity index (χ1) is 12.2. The van der Waals surface area contributed by atoms with Gasteiger partial charge in [0.05, 0.1) is 7.11 Å². The highest BCUT2D eigenvalue weighted by molar-refractivity contribution is 7.80. The van der Waals surface area contributed by atoms with Crippen molar-refractivity contribution in [1.82, 2.24) is 9.80 Å². The van der Waals surface area contributed by atoms with Crippen molar-refractivity contribution < 1.29 is 4.74 Å². The molecule has 0 radical (unpaired) electrons. The Hall–Kier alpha value is -1.82. The van der Waals surface area contributed by atoms with E-state index in [1.807, 2.05) is 42.5 Å². The van der Waals surface area contributed by atoms with Crippen LogP contribution in [-0.2, 0) is 6.54 Å². The number of hydrogen-bond acceptors (Lipinski definition) is 3. The van der Waals surface area contributed by atoms with Crippen LogP contribution in [0.1, 0.15) is 5.56 Å². The van der Waals surface area contributed by atoms with E-state index in [2.05, 4.69) is 21.2 Å². The second kappa shape index (κ2) is 8.52. The number of methoxy groups -OCH3 is 1. The lowest BCUT2D eigenvalue weighted by molar-refractivity contribution is 0.177. The normalized spacial score (nSPS) is 15.0. The standard InChI is InChI=1S/C19H22ClN3OS/c1-24-17-7-4-6-16(13-17)21-19(25)23-11-9-22(10-12-23)14-15-5-2-3-8-18(15)20/h2-8,13H,9-12,14H2,1H3,(H,21,25). The number of ether oxygens (including phenoxy) is 1. The van der Waals surface area contributed by atoms with Crippen molar-refractivity contribution in [2.75, 3.05) is 38.6 Å². The van der Waals surface area contributed by atoms with Crippen molar-refractivity contribution in [3.8, 4) is 5.75 Å². The summed E-state index contributed by atoms with van der Waals surface area (Å²) in [5.41, 5.74) is 2.12. The summed E-state index contributed by atoms with van der Waals surface area (Å²) in [6, 6.07) is 15.8. The summed E-state index contributed by atoms with van der Waals surface area (Å²) in [6.45, 7) is 4.61. The maximum Gasteiger partial charge on any atom is 0.173 e. The minimum absolute atomic E-state index is 0.755. The Morgan fingerprint density at radius 1 is 1.12 bits per heavy atom. The number of nitrogens with one attached hydrogen (secondary N) is 1. The van der Waals surface area contributed by atoms with E-state index in [9.17, 15) is 0 Å². The molecular weight excluding hydrogens is 354 g/mol. The molecule has 1 aliphatic heterocycles. The Kier molecular flexibility index (Phi) is 6.13. The van der Waals surface area contributed by atoms with Gasteiger partial charge < -0.3 is 15.0 Å². The van der Waals surface area contributed by atoms with Crippen LogP contribution < -0.4 is 10.1 Å². The van der Waals surface area contributed by atoms with Crippen LogP contribution in [0.15, 0.2) is 48.5 Å². The lowest BCUT2D eigenvalue weighted by Crippen LogP contribution is -2.49. The predicted molar refractivity (Wildman–Crippen MR) is 108 cm³/mol. The van der Waals surface area contributed by atoms with Crippen molar-refractivity contribution in [1.29, 1.82) is 0 Å². The zero-order chi connectivity index (χ0) is 17.6. The third kappa shape index (κ3) is 4.84. The molecule has 0 aliphatic carbocycles. The molecule has 1 N–H and O–H groups in total. The van der Waals surface area contributed by atoms with E-state index >= 15 is 0 Å². The van der Waals surface area contributed by atoms with Gasteiger partial charge in [0, 0.05) is 49.5 Å². The summed E-state index contributed by atoms with van der Waals surface area (Å²) in [5, 5.41) is 4.89. The van der Waals surface area contributed by atoms with Crippen LogP contribution in [0.4, 0.5) is 5.69 Å². The van der Waals surface area contributed by atoms with Gasteiger partial charge in [-0.05, 0) is 36.0 Å². The second-order valence-corrected chi connectivity index (χ2v) is 6.81. The topological polar surface area (TPSA) is 27.7 Å². The molecule has 0 spiro atoms. The summed E-state index contributed by atoms with van der Waals surface area (Å²) in [7, 11) is 1.66. The first-order valence-electron chi connectivity index (χ1n) is 8.31. The lowest BCUT2D eigenvalue weighted by atomic mass is 10.2. The molecule has 6 heteroatoms. The van der Waals surface area contributed by atoms with Crippen molar-refractivity contribution in [2.24, 2.45) is 0 Å². The molecule has 2 aromatic rings. The van der Waals surface area contributed by atoms with Crippen molar-refractivity contribution in [3.63, 3.8) is 0 Å². The van der Waals surface area contributed by atoms with Crippen molar-refractivity contribution >= 4 is 34.6 Å². The zero-order valence-electron chi connectivity index (χ0n) is 14.2. The van der Waals surface area contributed by atoms with Gasteiger partial charge in [-0.3, -0.25) is 4.90 Å². The Morgan fingerprint density at radius 2 is 1.88 bits per heavy atom. The number of rotatable bonds is 4. The molecule has 4 nitrogen and oxygen atoms in total. The quantitative estimate of drug-likeness (QED) is 0.819. The Bertz CT molecular complexity index is 732. The third-order valence-electron chi connectivity index (χ3n) is 4.33. The van der Waals surface area contributed by atoms with Gasteiger partial charge in [0.25, 0.3) is 0 Å². The van der Waals surface area contributed by atoms with Gasteiger partial charge in [0.2, 0.25) is 0 Å². The van der Waals surface area contributed by atoms with E-state index in [1.165, 1.54) is 5.56 Å². The SMILES string of the molecule is COc1cccc(NC(=S)N2CCN(Cc3ccccc3Cl)CC2)c1. The minimum atomic E-state index is 0.755. The van der Waals surface area contributed by atoms with Crippen molar-refractivity contribution in [3.05, 3.63) is 59.1 Å². The average molecular weight is 376 g/mol. The van der Waals surface area contributed by atoms with E-state index in [-0.39, 0.29) is 0 Å². The zero-order valence-corrected chi connectivity index (χ0v) is 15.8. The first-order valence-corrected chi connectivity index (χ1v) is 9.10. The lowest BCUT2D eigenvalue weighted by Gasteiger charge is -2.36. The van der Waals surface area contributed by atoms with Gasteiger partial charge in [-0.15, -0.1) is 0 Å². The molecule has 0 unspecified atom stereocenters. The fourth-order valence-corrected chi connectivity index (χ4v) is 3.38. The summed E-state index contributed by atoms with van der Waals surface area (Å²) in [5.74, 6) is 0.817. The molecule has 0 aromatic heterocycles. The molecule has 0 saturated carbocycles. The first kappa shape index (κ1) is 18.0. The molecule has 1 aliphatic rings. The molecule has 3 rings (SSSR count). The monoisotopic (exact) mass is 375 g/mol. The summed E-state index contributed by atoms with van der Waals surface area (Å²) < 4.78 is 5.25. The van der Waals surface area contributed by atoms with Crippen LogP contribution in [0.3, 0.4) is 0 Å². The van der Waals surface area contributed by atoms with E-state index in [1.54, 1.807) is 7.11 Å². The molecule has 1 heterocycles. The number of thiocarbonyl (C=S) groups is 1. The highest BCUT2D eigenvalue weighted by atomic mass is 35.5. The molecular formula is C19H22ClN3OS. The van der Waals surface area contributed by atoms with Gasteiger partial charge in [-0.1, -0.05) is 35.9 Å². The van der Waals surface area contributed by atoms with Crippen LogP contribution in [-0.4, -0.2) is 48.2 Å². The molecule has 132 valence electrons. The average Bonchev–Trinajstić information content (AvgIpc) is 2.64. The Labute approximate surface area is 159 Å². The fraction of sp³-hybridized carbons (Fsp3) is 0.316. The number of halogens is 1. The van der Waals surface area contributed by atoms with E-state index in [0.29, 0.717) is 0 Å². The van der Waals surface area contributed by atoms with Crippen LogP contribution in [0.25, 0.3) is 0 Å². The van der Waals surface area contributed by atoms with Crippen LogP contribution in [0.2, 0.25) is 5.02 Å². The van der Waals surface area contributed by atoms with Gasteiger partial charge in [-0.25, -0.2) is 0 Å². The number of benzene rings is 2.